The Balaban J connectivity index is 3.58. The van der Waals surface area contributed by atoms with Crippen LogP contribution in [0.25, 0.3) is 0 Å². The molecule has 0 bridgehead atoms. The van der Waals surface area contributed by atoms with Crippen molar-refractivity contribution < 1.29 is 15.0 Å². The van der Waals surface area contributed by atoms with Crippen LogP contribution in [-0.2, 0) is 4.79 Å². The number of nitrogens with one attached hydrogen (secondary N) is 1. The van der Waals surface area contributed by atoms with E-state index in [1.54, 1.807) is 0 Å². The number of aliphatic hydroxyl groups is 2. The maximum absolute atomic E-state index is 12.3. The molecule has 3 N–H and O–H groups in total. The molecule has 0 saturated carbocycles. The molecule has 1 amide bonds. The summed E-state index contributed by atoms with van der Waals surface area (Å²) < 4.78 is 0. The quantitative estimate of drug-likeness (QED) is 0.0488. The lowest BCUT2D eigenvalue weighted by molar-refractivity contribution is -0.123. The van der Waals surface area contributed by atoms with Crippen LogP contribution in [0.5, 0.6) is 0 Å². The van der Waals surface area contributed by atoms with Gasteiger partial charge in [0.05, 0.1) is 18.8 Å². The third kappa shape index (κ3) is 32.3. The Kier molecular flexibility index (Phi) is 35.4. The highest BCUT2D eigenvalue weighted by atomic mass is 16.3. The number of carbonyl (C=O) groups excluding carboxylic acids is 1. The van der Waals surface area contributed by atoms with Crippen LogP contribution in [0.1, 0.15) is 206 Å². The lowest BCUT2D eigenvalue weighted by Gasteiger charge is -2.22. The van der Waals surface area contributed by atoms with E-state index in [1.165, 1.54) is 148 Å². The molecule has 2 unspecified atom stereocenters. The van der Waals surface area contributed by atoms with E-state index in [0.29, 0.717) is 19.3 Å². The first-order valence-electron chi connectivity index (χ1n) is 19.5. The average Bonchev–Trinajstić information content (AvgIpc) is 3.03. The van der Waals surface area contributed by atoms with Crippen LogP contribution in [0.4, 0.5) is 0 Å². The van der Waals surface area contributed by atoms with Crippen molar-refractivity contribution in [2.24, 2.45) is 0 Å². The van der Waals surface area contributed by atoms with Crippen molar-refractivity contribution in [2.45, 2.75) is 219 Å². The van der Waals surface area contributed by atoms with Gasteiger partial charge in [-0.2, -0.15) is 0 Å². The fraction of sp³-hybridized carbons (Fsp3) is 0.875. The molecular weight excluding hydrogens is 542 g/mol. The van der Waals surface area contributed by atoms with Crippen molar-refractivity contribution in [2.75, 3.05) is 6.61 Å². The van der Waals surface area contributed by atoms with Gasteiger partial charge in [-0.15, -0.1) is 0 Å². The van der Waals surface area contributed by atoms with Crippen molar-refractivity contribution in [3.05, 3.63) is 24.3 Å². The number of allylic oxidation sites excluding steroid dienone is 4. The predicted molar refractivity (Wildman–Crippen MR) is 193 cm³/mol. The molecule has 260 valence electrons. The summed E-state index contributed by atoms with van der Waals surface area (Å²) in [6, 6.07) is -0.563. The Labute approximate surface area is 275 Å². The van der Waals surface area contributed by atoms with Gasteiger partial charge < -0.3 is 15.5 Å². The molecule has 44 heavy (non-hydrogen) atoms. The minimum absolute atomic E-state index is 0.0977. The second-order valence-electron chi connectivity index (χ2n) is 13.4. The van der Waals surface area contributed by atoms with Crippen molar-refractivity contribution in [1.82, 2.24) is 5.32 Å². The number of hydrogen-bond donors (Lipinski definition) is 3. The SMILES string of the molecule is CCCCCCCC/C=C\C/C=C\CCC(=O)NC(CO)C(O)CCCCCCCCCCCCCCCCCCCCC. The lowest BCUT2D eigenvalue weighted by atomic mass is 10.0. The molecule has 0 saturated heterocycles. The Hall–Kier alpha value is -1.13. The third-order valence-corrected chi connectivity index (χ3v) is 8.98. The van der Waals surface area contributed by atoms with Crippen LogP contribution in [0, 0.1) is 0 Å². The summed E-state index contributed by atoms with van der Waals surface area (Å²) in [6.45, 7) is 4.32. The van der Waals surface area contributed by atoms with Gasteiger partial charge in [0.15, 0.2) is 0 Å². The lowest BCUT2D eigenvalue weighted by Crippen LogP contribution is -2.45. The standard InChI is InChI=1S/C40H77NO3/c1-3-5-7-9-11-13-15-17-18-19-20-21-22-24-25-27-29-31-33-35-39(43)38(37-42)41-40(44)36-34-32-30-28-26-23-16-14-12-10-8-6-4-2/h23,26,30,32,38-39,42-43H,3-22,24-25,27-29,31,33-37H2,1-2H3,(H,41,44)/b26-23-,32-30-. The minimum Gasteiger partial charge on any atom is -0.394 e. The molecule has 2 atom stereocenters. The monoisotopic (exact) mass is 620 g/mol. The summed E-state index contributed by atoms with van der Waals surface area (Å²) in [4.78, 5) is 12.3. The Morgan fingerprint density at radius 1 is 0.545 bits per heavy atom. The molecule has 0 aliphatic carbocycles. The normalized spacial score (nSPS) is 13.3. The van der Waals surface area contributed by atoms with Gasteiger partial charge in [0.2, 0.25) is 5.91 Å². The average molecular weight is 620 g/mol. The highest BCUT2D eigenvalue weighted by Gasteiger charge is 2.19. The number of amides is 1. The summed E-state index contributed by atoms with van der Waals surface area (Å²) in [6.07, 6.45) is 45.4. The fourth-order valence-electron chi connectivity index (χ4n) is 5.94. The molecule has 0 aromatic rings. The molecule has 4 nitrogen and oxygen atoms in total. The molecular formula is C40H77NO3. The molecule has 0 aliphatic rings. The highest BCUT2D eigenvalue weighted by Crippen LogP contribution is 2.15. The van der Waals surface area contributed by atoms with E-state index in [2.05, 4.69) is 43.5 Å². The first kappa shape index (κ1) is 42.9. The second kappa shape index (κ2) is 36.3. The van der Waals surface area contributed by atoms with Crippen LogP contribution in [0.15, 0.2) is 24.3 Å². The van der Waals surface area contributed by atoms with E-state index >= 15 is 0 Å². The van der Waals surface area contributed by atoms with Crippen LogP contribution in [0.3, 0.4) is 0 Å². The summed E-state index contributed by atoms with van der Waals surface area (Å²) in [5.41, 5.74) is 0. The Morgan fingerprint density at radius 2 is 0.932 bits per heavy atom. The minimum atomic E-state index is -0.679. The number of rotatable bonds is 35. The molecule has 0 heterocycles. The molecule has 0 rings (SSSR count). The summed E-state index contributed by atoms with van der Waals surface area (Å²) in [5.74, 6) is -0.0977. The molecule has 0 aliphatic heterocycles. The number of carbonyl (C=O) groups is 1. The second-order valence-corrected chi connectivity index (χ2v) is 13.4. The third-order valence-electron chi connectivity index (χ3n) is 8.98. The van der Waals surface area contributed by atoms with Gasteiger partial charge in [-0.05, 0) is 32.1 Å². The van der Waals surface area contributed by atoms with Gasteiger partial charge in [0.25, 0.3) is 0 Å². The van der Waals surface area contributed by atoms with Gasteiger partial charge >= 0.3 is 0 Å². The van der Waals surface area contributed by atoms with E-state index in [1.807, 2.05) is 0 Å². The molecule has 0 aromatic heterocycles. The summed E-state index contributed by atoms with van der Waals surface area (Å²) in [5, 5.41) is 23.0. The zero-order chi connectivity index (χ0) is 32.2. The van der Waals surface area contributed by atoms with Gasteiger partial charge in [-0.1, -0.05) is 192 Å². The van der Waals surface area contributed by atoms with Gasteiger partial charge in [0, 0.05) is 6.42 Å². The van der Waals surface area contributed by atoms with E-state index in [0.717, 1.165) is 25.7 Å². The van der Waals surface area contributed by atoms with Crippen LogP contribution in [0.2, 0.25) is 0 Å². The molecule has 0 spiro atoms. The van der Waals surface area contributed by atoms with E-state index in [9.17, 15) is 15.0 Å². The molecule has 0 radical (unpaired) electrons. The van der Waals surface area contributed by atoms with Gasteiger partial charge in [-0.3, -0.25) is 4.79 Å². The van der Waals surface area contributed by atoms with Crippen molar-refractivity contribution in [3.8, 4) is 0 Å². The molecule has 0 aromatic carbocycles. The van der Waals surface area contributed by atoms with Crippen LogP contribution in [-0.4, -0.2) is 34.9 Å². The van der Waals surface area contributed by atoms with Gasteiger partial charge in [-0.25, -0.2) is 0 Å². The van der Waals surface area contributed by atoms with E-state index in [4.69, 9.17) is 0 Å². The molecule has 4 heteroatoms. The van der Waals surface area contributed by atoms with E-state index < -0.39 is 12.1 Å². The summed E-state index contributed by atoms with van der Waals surface area (Å²) >= 11 is 0. The van der Waals surface area contributed by atoms with Crippen molar-refractivity contribution in [3.63, 3.8) is 0 Å². The van der Waals surface area contributed by atoms with Crippen LogP contribution < -0.4 is 5.32 Å². The summed E-state index contributed by atoms with van der Waals surface area (Å²) in [7, 11) is 0. The maximum Gasteiger partial charge on any atom is 0.220 e. The Bertz CT molecular complexity index is 632. The maximum atomic E-state index is 12.3. The Morgan fingerprint density at radius 3 is 1.36 bits per heavy atom. The zero-order valence-electron chi connectivity index (χ0n) is 29.7. The van der Waals surface area contributed by atoms with Crippen molar-refractivity contribution in [1.29, 1.82) is 0 Å². The number of hydrogen-bond acceptors (Lipinski definition) is 3. The molecule has 0 fully saturated rings. The number of unbranched alkanes of at least 4 members (excludes halogenated alkanes) is 24. The first-order chi connectivity index (χ1) is 21.7. The largest absolute Gasteiger partial charge is 0.394 e. The van der Waals surface area contributed by atoms with Crippen LogP contribution >= 0.6 is 0 Å². The smallest absolute Gasteiger partial charge is 0.220 e. The highest BCUT2D eigenvalue weighted by molar-refractivity contribution is 5.76. The fourth-order valence-corrected chi connectivity index (χ4v) is 5.94. The predicted octanol–water partition coefficient (Wildman–Crippen LogP) is 11.7. The zero-order valence-corrected chi connectivity index (χ0v) is 29.7. The van der Waals surface area contributed by atoms with E-state index in [-0.39, 0.29) is 12.5 Å². The first-order valence-corrected chi connectivity index (χ1v) is 19.5. The topological polar surface area (TPSA) is 69.6 Å². The van der Waals surface area contributed by atoms with Crippen molar-refractivity contribution >= 4 is 5.91 Å². The number of aliphatic hydroxyl groups excluding tert-OH is 2. The van der Waals surface area contributed by atoms with Gasteiger partial charge in [0.1, 0.15) is 0 Å².